The molecule has 0 unspecified atom stereocenters. The van der Waals surface area contributed by atoms with E-state index in [0.717, 1.165) is 11.5 Å². The third-order valence-corrected chi connectivity index (χ3v) is 4.25. The minimum Gasteiger partial charge on any atom is -0.627 e. The predicted octanol–water partition coefficient (Wildman–Crippen LogP) is 3.55. The Morgan fingerprint density at radius 3 is 2.40 bits per heavy atom. The van der Waals surface area contributed by atoms with Crippen LogP contribution in [0.15, 0.2) is 18.2 Å². The van der Waals surface area contributed by atoms with E-state index in [1.54, 1.807) is 18.2 Å². The number of hydroxylamine groups is 2. The van der Waals surface area contributed by atoms with Crippen LogP contribution in [0.5, 0.6) is 0 Å². The van der Waals surface area contributed by atoms with Crippen LogP contribution in [0, 0.1) is 5.21 Å². The molecule has 0 radical (unpaired) electrons. The van der Waals surface area contributed by atoms with Crippen molar-refractivity contribution in [1.82, 2.24) is 4.65 Å². The lowest BCUT2D eigenvalue weighted by Gasteiger charge is -2.44. The third-order valence-electron chi connectivity index (χ3n) is 2.57. The van der Waals surface area contributed by atoms with Gasteiger partial charge in [0.1, 0.15) is 5.69 Å². The van der Waals surface area contributed by atoms with Crippen LogP contribution in [0.3, 0.4) is 0 Å². The summed E-state index contributed by atoms with van der Waals surface area (Å²) in [4.78, 5) is 0. The lowest BCUT2D eigenvalue weighted by atomic mass is 10.2. The average Bonchev–Trinajstić information content (AvgIpc) is 2.23. The van der Waals surface area contributed by atoms with Gasteiger partial charge in [-0.1, -0.05) is 23.2 Å². The number of hydrogen-bond acceptors (Lipinski definition) is 2. The van der Waals surface area contributed by atoms with Crippen molar-refractivity contribution in [2.75, 3.05) is 24.6 Å². The Balaban J connectivity index is 2.31. The van der Waals surface area contributed by atoms with Crippen LogP contribution in [0.25, 0.3) is 0 Å². The predicted molar refractivity (Wildman–Crippen MR) is 68.7 cm³/mol. The quantitative estimate of drug-likeness (QED) is 0.572. The third kappa shape index (κ3) is 2.43. The molecule has 5 heteroatoms. The highest BCUT2D eigenvalue weighted by molar-refractivity contribution is 7.99. The van der Waals surface area contributed by atoms with Crippen LogP contribution < -0.4 is 4.65 Å². The number of halogens is 2. The van der Waals surface area contributed by atoms with Crippen molar-refractivity contribution in [3.05, 3.63) is 33.5 Å². The van der Waals surface area contributed by atoms with E-state index in [9.17, 15) is 5.21 Å². The molecule has 15 heavy (non-hydrogen) atoms. The first-order valence-electron chi connectivity index (χ1n) is 4.73. The number of thioether (sulfide) groups is 1. The summed E-state index contributed by atoms with van der Waals surface area (Å²) in [5.74, 6) is 1.81. The number of hydrogen-bond donors (Lipinski definition) is 0. The monoisotopic (exact) mass is 263 g/mol. The van der Waals surface area contributed by atoms with Gasteiger partial charge >= 0.3 is 0 Å². The first kappa shape index (κ1) is 11.6. The van der Waals surface area contributed by atoms with E-state index in [1.165, 1.54) is 0 Å². The van der Waals surface area contributed by atoms with Gasteiger partial charge in [-0.05, 0) is 6.07 Å². The Hall–Kier alpha value is 0.0700. The normalized spacial score (nSPS) is 20.2. The molecular weight excluding hydrogens is 253 g/mol. The number of rotatable bonds is 1. The molecule has 1 saturated heterocycles. The molecule has 2 rings (SSSR count). The van der Waals surface area contributed by atoms with Crippen molar-refractivity contribution in [2.24, 2.45) is 0 Å². The fourth-order valence-electron chi connectivity index (χ4n) is 1.63. The highest BCUT2D eigenvalue weighted by Crippen LogP contribution is 2.32. The topological polar surface area (TPSA) is 23.1 Å². The Morgan fingerprint density at radius 2 is 1.80 bits per heavy atom. The van der Waals surface area contributed by atoms with Crippen molar-refractivity contribution < 1.29 is 0 Å². The maximum absolute atomic E-state index is 12.4. The van der Waals surface area contributed by atoms with Crippen LogP contribution in [0.1, 0.15) is 0 Å². The minimum absolute atomic E-state index is 0.274. The zero-order chi connectivity index (χ0) is 10.9. The largest absolute Gasteiger partial charge is 0.627 e. The summed E-state index contributed by atoms with van der Waals surface area (Å²) in [5, 5.41) is 13.4. The van der Waals surface area contributed by atoms with Crippen LogP contribution >= 0.6 is 35.0 Å². The van der Waals surface area contributed by atoms with Gasteiger partial charge in [-0.15, -0.1) is 0 Å². The highest BCUT2D eigenvalue weighted by Gasteiger charge is 2.24. The number of benzene rings is 1. The fourth-order valence-corrected chi connectivity index (χ4v) is 2.98. The van der Waals surface area contributed by atoms with Gasteiger partial charge in [0, 0.05) is 23.6 Å². The molecule has 1 aliphatic heterocycles. The Kier molecular flexibility index (Phi) is 3.48. The Bertz CT molecular complexity index is 366. The number of nitrogens with zero attached hydrogens (tertiary/aromatic N) is 1. The van der Waals surface area contributed by atoms with Crippen molar-refractivity contribution in [3.63, 3.8) is 0 Å². The molecule has 0 atom stereocenters. The lowest BCUT2D eigenvalue weighted by molar-refractivity contribution is 0.408. The molecule has 2 nitrogen and oxygen atoms in total. The second-order valence-electron chi connectivity index (χ2n) is 3.55. The zero-order valence-corrected chi connectivity index (χ0v) is 10.4. The molecule has 0 spiro atoms. The Morgan fingerprint density at radius 1 is 1.13 bits per heavy atom. The van der Waals surface area contributed by atoms with Gasteiger partial charge in [0.25, 0.3) is 0 Å². The molecule has 1 aliphatic rings. The van der Waals surface area contributed by atoms with Gasteiger partial charge in [0.05, 0.1) is 23.1 Å². The van der Waals surface area contributed by atoms with Gasteiger partial charge in [0.2, 0.25) is 0 Å². The van der Waals surface area contributed by atoms with Crippen molar-refractivity contribution >= 4 is 40.7 Å². The molecule has 82 valence electrons. The maximum Gasteiger partial charge on any atom is 0.134 e. The average molecular weight is 264 g/mol. The van der Waals surface area contributed by atoms with Crippen LogP contribution in [-0.4, -0.2) is 24.6 Å². The maximum atomic E-state index is 12.4. The first-order chi connectivity index (χ1) is 7.12. The molecule has 1 aromatic rings. The van der Waals surface area contributed by atoms with Crippen LogP contribution in [0.4, 0.5) is 5.69 Å². The molecule has 1 heterocycles. The van der Waals surface area contributed by atoms with Gasteiger partial charge in [-0.25, -0.2) is 0 Å². The SMILES string of the molecule is [O-][N+]1(c2ccc(Cl)c(Cl)c2)CCSCC1. The molecule has 1 aromatic carbocycles. The summed E-state index contributed by atoms with van der Waals surface area (Å²) in [6.07, 6.45) is 0. The Labute approximate surface area is 103 Å². The molecular formula is C10H11Cl2NOS. The summed E-state index contributed by atoms with van der Waals surface area (Å²) in [7, 11) is 0. The van der Waals surface area contributed by atoms with E-state index in [2.05, 4.69) is 0 Å². The van der Waals surface area contributed by atoms with Crippen LogP contribution in [0.2, 0.25) is 10.0 Å². The molecule has 0 amide bonds. The van der Waals surface area contributed by atoms with Crippen LogP contribution in [-0.2, 0) is 0 Å². The smallest absolute Gasteiger partial charge is 0.134 e. The van der Waals surface area contributed by atoms with Gasteiger partial charge in [0.15, 0.2) is 0 Å². The lowest BCUT2D eigenvalue weighted by Crippen LogP contribution is -2.49. The van der Waals surface area contributed by atoms with Crippen molar-refractivity contribution in [3.8, 4) is 0 Å². The molecule has 0 saturated carbocycles. The summed E-state index contributed by atoms with van der Waals surface area (Å²) < 4.78 is -0.274. The molecule has 0 N–H and O–H groups in total. The zero-order valence-electron chi connectivity index (χ0n) is 8.08. The van der Waals surface area contributed by atoms with E-state index in [-0.39, 0.29) is 4.65 Å². The van der Waals surface area contributed by atoms with Gasteiger partial charge < -0.3 is 9.85 Å². The fraction of sp³-hybridized carbons (Fsp3) is 0.400. The van der Waals surface area contributed by atoms with Gasteiger partial charge in [-0.3, -0.25) is 0 Å². The van der Waals surface area contributed by atoms with Gasteiger partial charge in [-0.2, -0.15) is 11.8 Å². The molecule has 1 fully saturated rings. The molecule has 0 aromatic heterocycles. The standard InChI is InChI=1S/C10H11Cl2NOS/c11-9-2-1-8(7-10(9)12)13(14)3-5-15-6-4-13/h1-2,7H,3-6H2. The minimum atomic E-state index is -0.274. The van der Waals surface area contributed by atoms with E-state index < -0.39 is 0 Å². The molecule has 0 aliphatic carbocycles. The summed E-state index contributed by atoms with van der Waals surface area (Å²) in [6.45, 7) is 1.23. The summed E-state index contributed by atoms with van der Waals surface area (Å²) in [5.41, 5.74) is 0.713. The number of quaternary nitrogens is 1. The summed E-state index contributed by atoms with van der Waals surface area (Å²) >= 11 is 13.6. The highest BCUT2D eigenvalue weighted by atomic mass is 35.5. The van der Waals surface area contributed by atoms with E-state index in [1.807, 2.05) is 11.8 Å². The molecule has 0 bridgehead atoms. The van der Waals surface area contributed by atoms with Crippen molar-refractivity contribution in [2.45, 2.75) is 0 Å². The van der Waals surface area contributed by atoms with Crippen molar-refractivity contribution in [1.29, 1.82) is 0 Å². The first-order valence-corrected chi connectivity index (χ1v) is 6.64. The second-order valence-corrected chi connectivity index (χ2v) is 5.59. The second kappa shape index (κ2) is 4.52. The van der Waals surface area contributed by atoms with E-state index >= 15 is 0 Å². The van der Waals surface area contributed by atoms with E-state index in [4.69, 9.17) is 23.2 Å². The van der Waals surface area contributed by atoms with E-state index in [0.29, 0.717) is 28.8 Å². The summed E-state index contributed by atoms with van der Waals surface area (Å²) in [6, 6.07) is 5.16.